The number of Topliss-reactive ketones (excluding diaryl/α,β-unsaturated/α-hetero) is 1. The molecule has 0 unspecified atom stereocenters. The SMILES string of the molecule is C=CCn1c(C)cc(C(=O)CSc2nnc([C@H]3COc4ccccc4O3)o2)c1C. The van der Waals surface area contributed by atoms with Gasteiger partial charge >= 0.3 is 0 Å². The molecule has 150 valence electrons. The first-order valence-corrected chi connectivity index (χ1v) is 10.2. The zero-order valence-electron chi connectivity index (χ0n) is 16.3. The first-order valence-electron chi connectivity index (χ1n) is 9.22. The fraction of sp³-hybridized carbons (Fsp3) is 0.286. The minimum Gasteiger partial charge on any atom is -0.485 e. The van der Waals surface area contributed by atoms with E-state index in [-0.39, 0.29) is 18.1 Å². The number of benzene rings is 1. The molecule has 1 aromatic carbocycles. The van der Waals surface area contributed by atoms with Crippen LogP contribution in [0, 0.1) is 13.8 Å². The van der Waals surface area contributed by atoms with Gasteiger partial charge in [0.15, 0.2) is 17.3 Å². The number of hydrogen-bond donors (Lipinski definition) is 0. The average Bonchev–Trinajstić information content (AvgIpc) is 3.32. The Bertz CT molecular complexity index is 1060. The van der Waals surface area contributed by atoms with Crippen LogP contribution in [-0.2, 0) is 6.54 Å². The van der Waals surface area contributed by atoms with Crippen LogP contribution in [0.3, 0.4) is 0 Å². The molecule has 0 aliphatic carbocycles. The number of nitrogens with zero attached hydrogens (tertiary/aromatic N) is 3. The maximum absolute atomic E-state index is 12.7. The first kappa shape index (κ1) is 19.3. The van der Waals surface area contributed by atoms with E-state index in [2.05, 4.69) is 21.3 Å². The summed E-state index contributed by atoms with van der Waals surface area (Å²) in [5.41, 5.74) is 2.67. The van der Waals surface area contributed by atoms with Gasteiger partial charge in [-0.3, -0.25) is 4.79 Å². The standard InChI is InChI=1S/C21H21N3O4S/c1-4-9-24-13(2)10-15(14(24)3)16(25)12-29-21-23-22-20(28-21)19-11-26-17-7-5-6-8-18(17)27-19/h4-8,10,19H,1,9,11-12H2,2-3H3/t19-/m1/s1. The molecule has 0 amide bonds. The Kier molecular flexibility index (Phi) is 5.44. The lowest BCUT2D eigenvalue weighted by Gasteiger charge is -2.23. The number of aryl methyl sites for hydroxylation is 1. The third kappa shape index (κ3) is 3.93. The van der Waals surface area contributed by atoms with Crippen molar-refractivity contribution in [2.75, 3.05) is 12.4 Å². The summed E-state index contributed by atoms with van der Waals surface area (Å²) in [6.07, 6.45) is 1.35. The van der Waals surface area contributed by atoms with Crippen LogP contribution in [0.4, 0.5) is 0 Å². The van der Waals surface area contributed by atoms with Gasteiger partial charge in [-0.2, -0.15) is 0 Å². The van der Waals surface area contributed by atoms with Crippen LogP contribution >= 0.6 is 11.8 Å². The van der Waals surface area contributed by atoms with Crippen molar-refractivity contribution in [2.24, 2.45) is 0 Å². The van der Waals surface area contributed by atoms with Gasteiger partial charge in [0.05, 0.1) is 5.75 Å². The second kappa shape index (κ2) is 8.16. The molecule has 7 nitrogen and oxygen atoms in total. The number of allylic oxidation sites excluding steroid dienone is 1. The Hall–Kier alpha value is -3.00. The number of carbonyl (C=O) groups excluding carboxylic acids is 1. The van der Waals surface area contributed by atoms with E-state index in [1.807, 2.05) is 50.3 Å². The van der Waals surface area contributed by atoms with Crippen LogP contribution in [0.25, 0.3) is 0 Å². The van der Waals surface area contributed by atoms with E-state index in [4.69, 9.17) is 13.9 Å². The summed E-state index contributed by atoms with van der Waals surface area (Å²) in [5, 5.41) is 8.41. The van der Waals surface area contributed by atoms with Crippen molar-refractivity contribution in [1.29, 1.82) is 0 Å². The highest BCUT2D eigenvalue weighted by molar-refractivity contribution is 7.99. The zero-order valence-corrected chi connectivity index (χ0v) is 17.1. The van der Waals surface area contributed by atoms with Crippen LogP contribution in [0.1, 0.15) is 33.7 Å². The van der Waals surface area contributed by atoms with Crippen molar-refractivity contribution < 1.29 is 18.7 Å². The average molecular weight is 411 g/mol. The maximum atomic E-state index is 12.7. The van der Waals surface area contributed by atoms with E-state index in [0.717, 1.165) is 11.4 Å². The van der Waals surface area contributed by atoms with E-state index in [1.165, 1.54) is 11.8 Å². The molecule has 0 spiro atoms. The molecule has 0 radical (unpaired) electrons. The van der Waals surface area contributed by atoms with E-state index in [1.54, 1.807) is 0 Å². The number of aromatic nitrogens is 3. The Morgan fingerprint density at radius 1 is 1.31 bits per heavy atom. The summed E-state index contributed by atoms with van der Waals surface area (Å²) in [4.78, 5) is 12.7. The quantitative estimate of drug-likeness (QED) is 0.328. The Balaban J connectivity index is 1.40. The maximum Gasteiger partial charge on any atom is 0.277 e. The van der Waals surface area contributed by atoms with Crippen molar-refractivity contribution in [3.63, 3.8) is 0 Å². The number of ether oxygens (including phenoxy) is 2. The summed E-state index contributed by atoms with van der Waals surface area (Å²) in [6.45, 7) is 8.66. The Labute approximate surface area is 172 Å². The summed E-state index contributed by atoms with van der Waals surface area (Å²) in [6, 6.07) is 9.34. The smallest absolute Gasteiger partial charge is 0.277 e. The van der Waals surface area contributed by atoms with Gasteiger partial charge in [0.25, 0.3) is 11.1 Å². The monoisotopic (exact) mass is 411 g/mol. The molecule has 1 aliphatic rings. The van der Waals surface area contributed by atoms with Gasteiger partial charge in [0, 0.05) is 23.5 Å². The summed E-state index contributed by atoms with van der Waals surface area (Å²) >= 11 is 1.22. The number of hydrogen-bond acceptors (Lipinski definition) is 7. The Morgan fingerprint density at radius 3 is 2.90 bits per heavy atom. The van der Waals surface area contributed by atoms with Gasteiger partial charge in [0.2, 0.25) is 6.10 Å². The van der Waals surface area contributed by atoms with Gasteiger partial charge in [-0.1, -0.05) is 30.0 Å². The lowest BCUT2D eigenvalue weighted by Crippen LogP contribution is -2.21. The summed E-state index contributed by atoms with van der Waals surface area (Å²) in [7, 11) is 0. The molecule has 8 heteroatoms. The number of carbonyl (C=O) groups is 1. The highest BCUT2D eigenvalue weighted by Crippen LogP contribution is 2.36. The number of thioether (sulfide) groups is 1. The molecule has 29 heavy (non-hydrogen) atoms. The lowest BCUT2D eigenvalue weighted by atomic mass is 10.2. The van der Waals surface area contributed by atoms with Gasteiger partial charge in [-0.15, -0.1) is 16.8 Å². The van der Waals surface area contributed by atoms with E-state index in [9.17, 15) is 4.79 Å². The van der Waals surface area contributed by atoms with Crippen LogP contribution in [-0.4, -0.2) is 32.9 Å². The molecular formula is C21H21N3O4S. The molecule has 0 saturated carbocycles. The second-order valence-corrected chi connectivity index (χ2v) is 7.59. The second-order valence-electron chi connectivity index (χ2n) is 6.67. The molecule has 2 aromatic heterocycles. The molecule has 1 aliphatic heterocycles. The van der Waals surface area contributed by atoms with Gasteiger partial charge < -0.3 is 18.5 Å². The molecule has 0 N–H and O–H groups in total. The zero-order chi connectivity index (χ0) is 20.4. The van der Waals surface area contributed by atoms with Gasteiger partial charge in [0.1, 0.15) is 6.61 Å². The minimum absolute atomic E-state index is 0.0179. The van der Waals surface area contributed by atoms with Gasteiger partial charge in [-0.05, 0) is 32.0 Å². The fourth-order valence-electron chi connectivity index (χ4n) is 3.25. The third-order valence-electron chi connectivity index (χ3n) is 4.72. The lowest BCUT2D eigenvalue weighted by molar-refractivity contribution is 0.0686. The van der Waals surface area contributed by atoms with Crippen molar-refractivity contribution in [3.05, 3.63) is 65.8 Å². The van der Waals surface area contributed by atoms with Crippen LogP contribution in [0.5, 0.6) is 11.5 Å². The molecule has 0 saturated heterocycles. The molecular weight excluding hydrogens is 390 g/mol. The highest BCUT2D eigenvalue weighted by atomic mass is 32.2. The van der Waals surface area contributed by atoms with Crippen molar-refractivity contribution >= 4 is 17.5 Å². The van der Waals surface area contributed by atoms with Crippen LogP contribution in [0.2, 0.25) is 0 Å². The fourth-order valence-corrected chi connectivity index (χ4v) is 3.90. The first-order chi connectivity index (χ1) is 14.1. The predicted molar refractivity (Wildman–Crippen MR) is 109 cm³/mol. The van der Waals surface area contributed by atoms with Gasteiger partial charge in [-0.25, -0.2) is 0 Å². The molecule has 4 rings (SSSR count). The van der Waals surface area contributed by atoms with Crippen LogP contribution < -0.4 is 9.47 Å². The predicted octanol–water partition coefficient (Wildman–Crippen LogP) is 4.16. The van der Waals surface area contributed by atoms with Crippen molar-refractivity contribution in [1.82, 2.24) is 14.8 Å². The number of fused-ring (bicyclic) bond motifs is 1. The Morgan fingerprint density at radius 2 is 2.10 bits per heavy atom. The summed E-state index contributed by atoms with van der Waals surface area (Å²) < 4.78 is 19.3. The largest absolute Gasteiger partial charge is 0.485 e. The number of para-hydroxylation sites is 2. The molecule has 0 bridgehead atoms. The molecule has 1 atom stereocenters. The van der Waals surface area contributed by atoms with E-state index < -0.39 is 6.10 Å². The number of rotatable bonds is 7. The van der Waals surface area contributed by atoms with Crippen molar-refractivity contribution in [2.45, 2.75) is 31.7 Å². The third-order valence-corrected chi connectivity index (χ3v) is 5.54. The van der Waals surface area contributed by atoms with E-state index in [0.29, 0.717) is 34.7 Å². The minimum atomic E-state index is -0.472. The molecule has 3 aromatic rings. The topological polar surface area (TPSA) is 79.4 Å². The molecule has 0 fully saturated rings. The highest BCUT2D eigenvalue weighted by Gasteiger charge is 2.27. The van der Waals surface area contributed by atoms with Crippen LogP contribution in [0.15, 0.2) is 52.6 Å². The van der Waals surface area contributed by atoms with Crippen molar-refractivity contribution in [3.8, 4) is 11.5 Å². The van der Waals surface area contributed by atoms with E-state index >= 15 is 0 Å². The molecule has 3 heterocycles. The summed E-state index contributed by atoms with van der Waals surface area (Å²) in [5.74, 6) is 1.90. The number of ketones is 1. The normalized spacial score (nSPS) is 15.3.